The number of rotatable bonds is 9. The Kier molecular flexibility index (Phi) is 9.56. The van der Waals surface area contributed by atoms with Crippen LogP contribution in [0.5, 0.6) is 0 Å². The Balaban J connectivity index is 1.68. The van der Waals surface area contributed by atoms with E-state index in [1.165, 1.54) is 0 Å². The molecule has 0 saturated carbocycles. The van der Waals surface area contributed by atoms with E-state index in [4.69, 9.17) is 4.74 Å². The van der Waals surface area contributed by atoms with Gasteiger partial charge in [0.1, 0.15) is 0 Å². The molecule has 1 aliphatic heterocycles. The smallest absolute Gasteiger partial charge is 0.191 e. The van der Waals surface area contributed by atoms with Crippen LogP contribution in [0.1, 0.15) is 45.7 Å². The third-order valence-corrected chi connectivity index (χ3v) is 5.11. The van der Waals surface area contributed by atoms with E-state index in [0.29, 0.717) is 18.1 Å². The van der Waals surface area contributed by atoms with Gasteiger partial charge in [-0.05, 0) is 44.2 Å². The Morgan fingerprint density at radius 1 is 1.33 bits per heavy atom. The first-order chi connectivity index (χ1) is 13.1. The van der Waals surface area contributed by atoms with E-state index in [1.807, 2.05) is 19.3 Å². The SMILES string of the molecule is CCOC(CCNC(=NC)NC1CCN(Cc2ccccn2)CC1)C(C)C. The van der Waals surface area contributed by atoms with Crippen LogP contribution in [0, 0.1) is 5.92 Å². The number of guanidine groups is 1. The van der Waals surface area contributed by atoms with Crippen LogP contribution < -0.4 is 10.6 Å². The molecule has 1 aromatic rings. The first kappa shape index (κ1) is 21.6. The summed E-state index contributed by atoms with van der Waals surface area (Å²) in [6.07, 6.45) is 5.42. The largest absolute Gasteiger partial charge is 0.378 e. The first-order valence-electron chi connectivity index (χ1n) is 10.3. The molecular formula is C21H37N5O. The van der Waals surface area contributed by atoms with E-state index in [1.54, 1.807) is 0 Å². The molecule has 0 aliphatic carbocycles. The zero-order chi connectivity index (χ0) is 19.5. The van der Waals surface area contributed by atoms with Crippen LogP contribution in [0.4, 0.5) is 0 Å². The molecule has 1 aromatic heterocycles. The van der Waals surface area contributed by atoms with Crippen molar-refractivity contribution in [2.45, 2.75) is 58.7 Å². The molecule has 27 heavy (non-hydrogen) atoms. The summed E-state index contributed by atoms with van der Waals surface area (Å²) in [5.74, 6) is 1.43. The molecule has 0 amide bonds. The van der Waals surface area contributed by atoms with Crippen molar-refractivity contribution < 1.29 is 4.74 Å². The zero-order valence-electron chi connectivity index (χ0n) is 17.4. The van der Waals surface area contributed by atoms with Gasteiger partial charge in [-0.25, -0.2) is 0 Å². The molecule has 1 saturated heterocycles. The van der Waals surface area contributed by atoms with Crippen molar-refractivity contribution in [3.8, 4) is 0 Å². The van der Waals surface area contributed by atoms with Crippen LogP contribution >= 0.6 is 0 Å². The summed E-state index contributed by atoms with van der Waals surface area (Å²) in [4.78, 5) is 11.3. The molecule has 6 heteroatoms. The Labute approximate surface area is 164 Å². The van der Waals surface area contributed by atoms with E-state index in [0.717, 1.165) is 63.7 Å². The molecular weight excluding hydrogens is 338 g/mol. The summed E-state index contributed by atoms with van der Waals surface area (Å²) in [7, 11) is 1.84. The van der Waals surface area contributed by atoms with Crippen molar-refractivity contribution >= 4 is 5.96 Å². The van der Waals surface area contributed by atoms with Gasteiger partial charge in [-0.2, -0.15) is 0 Å². The summed E-state index contributed by atoms with van der Waals surface area (Å²) in [6, 6.07) is 6.60. The van der Waals surface area contributed by atoms with Gasteiger partial charge in [-0.15, -0.1) is 0 Å². The fraction of sp³-hybridized carbons (Fsp3) is 0.714. The minimum Gasteiger partial charge on any atom is -0.378 e. The van der Waals surface area contributed by atoms with Crippen molar-refractivity contribution in [1.82, 2.24) is 20.5 Å². The molecule has 0 spiro atoms. The van der Waals surface area contributed by atoms with Gasteiger partial charge in [-0.3, -0.25) is 14.9 Å². The maximum atomic E-state index is 5.82. The number of aliphatic imine (C=N–C) groups is 1. The molecule has 1 atom stereocenters. The normalized spacial score (nSPS) is 17.9. The highest BCUT2D eigenvalue weighted by Gasteiger charge is 2.20. The number of hydrogen-bond donors (Lipinski definition) is 2. The standard InChI is InChI=1S/C21H37N5O/c1-5-27-20(17(2)3)9-13-24-21(22-4)25-18-10-14-26(15-11-18)16-19-8-6-7-12-23-19/h6-8,12,17-18,20H,5,9-11,13-16H2,1-4H3,(H2,22,24,25). The number of pyridine rings is 1. The molecule has 1 unspecified atom stereocenters. The lowest BCUT2D eigenvalue weighted by molar-refractivity contribution is 0.0258. The monoisotopic (exact) mass is 375 g/mol. The molecule has 152 valence electrons. The van der Waals surface area contributed by atoms with Crippen LogP contribution in [0.25, 0.3) is 0 Å². The number of nitrogens with zero attached hydrogens (tertiary/aromatic N) is 3. The number of nitrogens with one attached hydrogen (secondary N) is 2. The number of likely N-dealkylation sites (tertiary alicyclic amines) is 1. The van der Waals surface area contributed by atoms with Crippen molar-refractivity contribution in [2.75, 3.05) is 33.3 Å². The van der Waals surface area contributed by atoms with Crippen molar-refractivity contribution in [1.29, 1.82) is 0 Å². The van der Waals surface area contributed by atoms with E-state index >= 15 is 0 Å². The fourth-order valence-electron chi connectivity index (χ4n) is 3.50. The zero-order valence-corrected chi connectivity index (χ0v) is 17.4. The van der Waals surface area contributed by atoms with E-state index in [2.05, 4.69) is 58.4 Å². The number of hydrogen-bond acceptors (Lipinski definition) is 4. The predicted octanol–water partition coefficient (Wildman–Crippen LogP) is 2.66. The molecule has 1 fully saturated rings. The highest BCUT2D eigenvalue weighted by Crippen LogP contribution is 2.13. The second kappa shape index (κ2) is 11.9. The van der Waals surface area contributed by atoms with Crippen LogP contribution in [0.3, 0.4) is 0 Å². The fourth-order valence-corrected chi connectivity index (χ4v) is 3.50. The maximum Gasteiger partial charge on any atom is 0.191 e. The average Bonchev–Trinajstić information content (AvgIpc) is 2.68. The van der Waals surface area contributed by atoms with Crippen LogP contribution in [-0.2, 0) is 11.3 Å². The summed E-state index contributed by atoms with van der Waals surface area (Å²) in [5.41, 5.74) is 1.15. The maximum absolute atomic E-state index is 5.82. The molecule has 0 aromatic carbocycles. The van der Waals surface area contributed by atoms with Gasteiger partial charge in [0.15, 0.2) is 5.96 Å². The van der Waals surface area contributed by atoms with Crippen LogP contribution in [-0.4, -0.2) is 61.3 Å². The lowest BCUT2D eigenvalue weighted by atomic mass is 10.0. The lowest BCUT2D eigenvalue weighted by Gasteiger charge is -2.33. The van der Waals surface area contributed by atoms with Gasteiger partial charge in [0, 0.05) is 52.1 Å². The van der Waals surface area contributed by atoms with Gasteiger partial charge in [0.2, 0.25) is 0 Å². The van der Waals surface area contributed by atoms with Gasteiger partial charge in [-0.1, -0.05) is 19.9 Å². The molecule has 1 aliphatic rings. The molecule has 2 heterocycles. The molecule has 0 radical (unpaired) electrons. The topological polar surface area (TPSA) is 61.8 Å². The summed E-state index contributed by atoms with van der Waals surface area (Å²) in [5, 5.41) is 7.03. The van der Waals surface area contributed by atoms with Gasteiger partial charge >= 0.3 is 0 Å². The minimum absolute atomic E-state index is 0.301. The minimum atomic E-state index is 0.301. The first-order valence-corrected chi connectivity index (χ1v) is 10.3. The third kappa shape index (κ3) is 7.85. The Morgan fingerprint density at radius 2 is 2.11 bits per heavy atom. The molecule has 2 N–H and O–H groups in total. The Morgan fingerprint density at radius 3 is 2.70 bits per heavy atom. The summed E-state index contributed by atoms with van der Waals surface area (Å²) >= 11 is 0. The molecule has 6 nitrogen and oxygen atoms in total. The second-order valence-corrected chi connectivity index (χ2v) is 7.54. The molecule has 0 bridgehead atoms. The molecule has 2 rings (SSSR count). The van der Waals surface area contributed by atoms with E-state index in [9.17, 15) is 0 Å². The van der Waals surface area contributed by atoms with Crippen molar-refractivity contribution in [3.63, 3.8) is 0 Å². The number of ether oxygens (including phenoxy) is 1. The number of aromatic nitrogens is 1. The van der Waals surface area contributed by atoms with E-state index in [-0.39, 0.29) is 0 Å². The highest BCUT2D eigenvalue weighted by atomic mass is 16.5. The van der Waals surface area contributed by atoms with Crippen LogP contribution in [0.2, 0.25) is 0 Å². The van der Waals surface area contributed by atoms with Gasteiger partial charge in [0.25, 0.3) is 0 Å². The van der Waals surface area contributed by atoms with E-state index < -0.39 is 0 Å². The Hall–Kier alpha value is -1.66. The second-order valence-electron chi connectivity index (χ2n) is 7.54. The third-order valence-electron chi connectivity index (χ3n) is 5.11. The number of piperidine rings is 1. The predicted molar refractivity (Wildman–Crippen MR) is 112 cm³/mol. The average molecular weight is 376 g/mol. The van der Waals surface area contributed by atoms with Crippen molar-refractivity contribution in [2.24, 2.45) is 10.9 Å². The summed E-state index contributed by atoms with van der Waals surface area (Å²) in [6.45, 7) is 11.3. The quantitative estimate of drug-likeness (QED) is 0.513. The highest BCUT2D eigenvalue weighted by molar-refractivity contribution is 5.79. The lowest BCUT2D eigenvalue weighted by Crippen LogP contribution is -2.49. The summed E-state index contributed by atoms with van der Waals surface area (Å²) < 4.78 is 5.82. The van der Waals surface area contributed by atoms with Crippen molar-refractivity contribution in [3.05, 3.63) is 30.1 Å². The Bertz CT molecular complexity index is 541. The van der Waals surface area contributed by atoms with Gasteiger partial charge in [0.05, 0.1) is 11.8 Å². The van der Waals surface area contributed by atoms with Gasteiger partial charge < -0.3 is 15.4 Å². The van der Waals surface area contributed by atoms with Crippen LogP contribution in [0.15, 0.2) is 29.4 Å².